The van der Waals surface area contributed by atoms with Crippen LogP contribution in [0, 0.1) is 20.6 Å². The number of carbonyl (C=O) groups is 1. The molecule has 0 radical (unpaired) electrons. The molecule has 0 unspecified atom stereocenters. The molecule has 0 aliphatic heterocycles. The van der Waals surface area contributed by atoms with Crippen LogP contribution >= 0.6 is 22.6 Å². The van der Waals surface area contributed by atoms with Gasteiger partial charge in [0.2, 0.25) is 0 Å². The molecule has 0 fully saturated rings. The molecule has 1 heterocycles. The molecule has 1 amide bonds. The van der Waals surface area contributed by atoms with Crippen LogP contribution in [0.15, 0.2) is 36.4 Å². The van der Waals surface area contributed by atoms with Gasteiger partial charge in [0, 0.05) is 21.3 Å². The SMILES string of the molecule is Cc1nc(NC(=O)c2ccc([N+](=O)[O-])cc2)ccc1I. The summed E-state index contributed by atoms with van der Waals surface area (Å²) in [6.45, 7) is 1.85. The van der Waals surface area contributed by atoms with Crippen LogP contribution in [0.4, 0.5) is 11.5 Å². The topological polar surface area (TPSA) is 85.1 Å². The zero-order chi connectivity index (χ0) is 14.7. The molecule has 0 bridgehead atoms. The Balaban J connectivity index is 2.15. The molecule has 0 spiro atoms. The average Bonchev–Trinajstić information content (AvgIpc) is 2.43. The number of pyridine rings is 1. The molecule has 1 aromatic heterocycles. The first-order valence-electron chi connectivity index (χ1n) is 5.66. The Kier molecular flexibility index (Phi) is 4.28. The molecule has 102 valence electrons. The second kappa shape index (κ2) is 5.95. The Labute approximate surface area is 128 Å². The maximum Gasteiger partial charge on any atom is 0.269 e. The number of hydrogen-bond donors (Lipinski definition) is 1. The monoisotopic (exact) mass is 383 g/mol. The molecule has 0 saturated carbocycles. The molecule has 2 aromatic rings. The fourth-order valence-electron chi connectivity index (χ4n) is 1.54. The first-order valence-corrected chi connectivity index (χ1v) is 6.74. The molecule has 20 heavy (non-hydrogen) atoms. The summed E-state index contributed by atoms with van der Waals surface area (Å²) in [6, 6.07) is 8.97. The van der Waals surface area contributed by atoms with Gasteiger partial charge >= 0.3 is 0 Å². The molecule has 6 nitrogen and oxygen atoms in total. The number of aryl methyl sites for hydroxylation is 1. The molecule has 1 N–H and O–H groups in total. The van der Waals surface area contributed by atoms with Crippen LogP contribution in [-0.4, -0.2) is 15.8 Å². The number of nitro groups is 1. The summed E-state index contributed by atoms with van der Waals surface area (Å²) in [5.74, 6) is 0.0966. The number of benzene rings is 1. The van der Waals surface area contributed by atoms with Crippen molar-refractivity contribution in [1.29, 1.82) is 0 Å². The van der Waals surface area contributed by atoms with Crippen molar-refractivity contribution in [3.63, 3.8) is 0 Å². The number of halogens is 1. The largest absolute Gasteiger partial charge is 0.307 e. The Morgan fingerprint density at radius 3 is 2.45 bits per heavy atom. The highest BCUT2D eigenvalue weighted by Gasteiger charge is 2.10. The normalized spacial score (nSPS) is 10.1. The fraction of sp³-hybridized carbons (Fsp3) is 0.0769. The molecule has 0 saturated heterocycles. The van der Waals surface area contributed by atoms with Gasteiger partial charge in [0.25, 0.3) is 11.6 Å². The third-order valence-electron chi connectivity index (χ3n) is 2.60. The number of rotatable bonds is 3. The Bertz CT molecular complexity index is 671. The van der Waals surface area contributed by atoms with Crippen LogP contribution in [0.25, 0.3) is 0 Å². The Morgan fingerprint density at radius 1 is 1.25 bits per heavy atom. The van der Waals surface area contributed by atoms with Crippen molar-refractivity contribution in [3.05, 3.63) is 61.3 Å². The molecule has 0 aliphatic carbocycles. The lowest BCUT2D eigenvalue weighted by atomic mass is 10.2. The van der Waals surface area contributed by atoms with Gasteiger partial charge in [0.05, 0.1) is 10.6 Å². The zero-order valence-electron chi connectivity index (χ0n) is 10.5. The molecule has 1 aromatic carbocycles. The van der Waals surface area contributed by atoms with Gasteiger partial charge in [-0.3, -0.25) is 14.9 Å². The summed E-state index contributed by atoms with van der Waals surface area (Å²) < 4.78 is 1.01. The number of anilines is 1. The lowest BCUT2D eigenvalue weighted by Gasteiger charge is -2.06. The zero-order valence-corrected chi connectivity index (χ0v) is 12.6. The van der Waals surface area contributed by atoms with Gasteiger partial charge in [-0.1, -0.05) is 0 Å². The maximum atomic E-state index is 12.0. The smallest absolute Gasteiger partial charge is 0.269 e. The third-order valence-corrected chi connectivity index (χ3v) is 3.74. The van der Waals surface area contributed by atoms with Gasteiger partial charge in [-0.05, 0) is 53.8 Å². The van der Waals surface area contributed by atoms with Crippen LogP contribution < -0.4 is 5.32 Å². The highest BCUT2D eigenvalue weighted by molar-refractivity contribution is 14.1. The maximum absolute atomic E-state index is 12.0. The molecule has 2 rings (SSSR count). The van der Waals surface area contributed by atoms with E-state index in [1.807, 2.05) is 13.0 Å². The number of aromatic nitrogens is 1. The number of carbonyl (C=O) groups excluding carboxylic acids is 1. The van der Waals surface area contributed by atoms with Gasteiger partial charge in [0.15, 0.2) is 0 Å². The van der Waals surface area contributed by atoms with Gasteiger partial charge < -0.3 is 5.32 Å². The first-order chi connectivity index (χ1) is 9.47. The second-order valence-corrected chi connectivity index (χ2v) is 5.18. The molecular formula is C13H10IN3O3. The Morgan fingerprint density at radius 2 is 1.90 bits per heavy atom. The van der Waals surface area contributed by atoms with E-state index in [1.165, 1.54) is 24.3 Å². The first kappa shape index (κ1) is 14.4. The number of hydrogen-bond acceptors (Lipinski definition) is 4. The fourth-order valence-corrected chi connectivity index (χ4v) is 1.84. The van der Waals surface area contributed by atoms with E-state index in [0.717, 1.165) is 9.26 Å². The van der Waals surface area contributed by atoms with Crippen molar-refractivity contribution in [2.75, 3.05) is 5.32 Å². The number of nitrogens with one attached hydrogen (secondary N) is 1. The summed E-state index contributed by atoms with van der Waals surface area (Å²) in [4.78, 5) is 26.2. The highest BCUT2D eigenvalue weighted by atomic mass is 127. The second-order valence-electron chi connectivity index (χ2n) is 4.02. The van der Waals surface area contributed by atoms with E-state index in [2.05, 4.69) is 32.9 Å². The van der Waals surface area contributed by atoms with E-state index in [9.17, 15) is 14.9 Å². The highest BCUT2D eigenvalue weighted by Crippen LogP contribution is 2.15. The van der Waals surface area contributed by atoms with E-state index in [0.29, 0.717) is 11.4 Å². The average molecular weight is 383 g/mol. The summed E-state index contributed by atoms with van der Waals surface area (Å²) in [5, 5.41) is 13.2. The summed E-state index contributed by atoms with van der Waals surface area (Å²) >= 11 is 2.16. The lowest BCUT2D eigenvalue weighted by Crippen LogP contribution is -2.13. The summed E-state index contributed by atoms with van der Waals surface area (Å²) in [7, 11) is 0. The molecule has 0 atom stereocenters. The number of nitrogens with zero attached hydrogens (tertiary/aromatic N) is 2. The van der Waals surface area contributed by atoms with E-state index in [1.54, 1.807) is 6.07 Å². The van der Waals surface area contributed by atoms with Gasteiger partial charge in [-0.15, -0.1) is 0 Å². The number of nitro benzene ring substituents is 1. The van der Waals surface area contributed by atoms with Gasteiger partial charge in [-0.25, -0.2) is 4.98 Å². The van der Waals surface area contributed by atoms with Crippen molar-refractivity contribution in [3.8, 4) is 0 Å². The van der Waals surface area contributed by atoms with Crippen molar-refractivity contribution in [2.45, 2.75) is 6.92 Å². The number of amides is 1. The van der Waals surface area contributed by atoms with Crippen LogP contribution in [0.3, 0.4) is 0 Å². The van der Waals surface area contributed by atoms with Crippen molar-refractivity contribution >= 4 is 40.0 Å². The van der Waals surface area contributed by atoms with Crippen molar-refractivity contribution in [2.24, 2.45) is 0 Å². The Hall–Kier alpha value is -2.03. The van der Waals surface area contributed by atoms with Gasteiger partial charge in [0.1, 0.15) is 5.82 Å². The number of non-ortho nitro benzene ring substituents is 1. The summed E-state index contributed by atoms with van der Waals surface area (Å²) in [6.07, 6.45) is 0. The standard InChI is InChI=1S/C13H10IN3O3/c1-8-11(14)6-7-12(15-8)16-13(18)9-2-4-10(5-3-9)17(19)20/h2-7H,1H3,(H,15,16,18). The van der Waals surface area contributed by atoms with E-state index >= 15 is 0 Å². The van der Waals surface area contributed by atoms with E-state index in [-0.39, 0.29) is 11.6 Å². The minimum atomic E-state index is -0.508. The van der Waals surface area contributed by atoms with Gasteiger partial charge in [-0.2, -0.15) is 0 Å². The third kappa shape index (κ3) is 3.29. The minimum Gasteiger partial charge on any atom is -0.307 e. The predicted molar refractivity (Wildman–Crippen MR) is 82.7 cm³/mol. The van der Waals surface area contributed by atoms with Crippen LogP contribution in [0.5, 0.6) is 0 Å². The van der Waals surface area contributed by atoms with Crippen LogP contribution in [0.1, 0.15) is 16.1 Å². The lowest BCUT2D eigenvalue weighted by molar-refractivity contribution is -0.384. The minimum absolute atomic E-state index is 0.0511. The predicted octanol–water partition coefficient (Wildman–Crippen LogP) is 3.16. The molecule has 0 aliphatic rings. The van der Waals surface area contributed by atoms with Crippen LogP contribution in [-0.2, 0) is 0 Å². The van der Waals surface area contributed by atoms with Crippen molar-refractivity contribution in [1.82, 2.24) is 4.98 Å². The van der Waals surface area contributed by atoms with E-state index in [4.69, 9.17) is 0 Å². The van der Waals surface area contributed by atoms with Crippen molar-refractivity contribution < 1.29 is 9.72 Å². The van der Waals surface area contributed by atoms with Crippen LogP contribution in [0.2, 0.25) is 0 Å². The molecular weight excluding hydrogens is 373 g/mol. The molecule has 7 heteroatoms. The van der Waals surface area contributed by atoms with E-state index < -0.39 is 4.92 Å². The summed E-state index contributed by atoms with van der Waals surface area (Å²) in [5.41, 5.74) is 1.12. The quantitative estimate of drug-likeness (QED) is 0.501.